The minimum absolute atomic E-state index is 0.287. The molecular weight excluding hydrogens is 316 g/mol. The molecule has 0 fully saturated rings. The average Bonchev–Trinajstić information content (AvgIpc) is 2.56. The van der Waals surface area contributed by atoms with Crippen molar-refractivity contribution in [2.45, 2.75) is 34.1 Å². The highest BCUT2D eigenvalue weighted by Gasteiger charge is 2.13. The van der Waals surface area contributed by atoms with Gasteiger partial charge in [-0.15, -0.1) is 0 Å². The quantitative estimate of drug-likeness (QED) is 0.761. The van der Waals surface area contributed by atoms with Crippen molar-refractivity contribution in [2.75, 3.05) is 23.8 Å². The Kier molecular flexibility index (Phi) is 6.74. The fraction of sp³-hybridized carbons (Fsp3) is 0.421. The molecule has 2 aromatic rings. The third-order valence-electron chi connectivity index (χ3n) is 3.53. The van der Waals surface area contributed by atoms with Gasteiger partial charge in [0.05, 0.1) is 12.3 Å². The molecule has 6 nitrogen and oxygen atoms in total. The zero-order valence-electron chi connectivity index (χ0n) is 15.3. The molecule has 0 aliphatic heterocycles. The normalized spacial score (nSPS) is 10.6. The molecule has 0 radical (unpaired) electrons. The molecule has 0 bridgehead atoms. The monoisotopic (exact) mass is 342 g/mol. The van der Waals surface area contributed by atoms with Crippen LogP contribution in [0.15, 0.2) is 30.3 Å². The summed E-state index contributed by atoms with van der Waals surface area (Å²) in [5, 5.41) is 6.04. The maximum atomic E-state index is 12.6. The fourth-order valence-corrected chi connectivity index (χ4v) is 2.27. The molecule has 2 N–H and O–H groups in total. The smallest absolute Gasteiger partial charge is 0.274 e. The van der Waals surface area contributed by atoms with Crippen LogP contribution in [-0.2, 0) is 0 Å². The number of amides is 1. The third kappa shape index (κ3) is 5.74. The second-order valence-corrected chi connectivity index (χ2v) is 6.21. The number of carbonyl (C=O) groups is 1. The van der Waals surface area contributed by atoms with Crippen LogP contribution in [0.1, 0.15) is 43.4 Å². The van der Waals surface area contributed by atoms with Gasteiger partial charge in [-0.1, -0.05) is 26.0 Å². The summed E-state index contributed by atoms with van der Waals surface area (Å²) in [6, 6.07) is 9.02. The number of ether oxygens (including phenoxy) is 1. The first-order chi connectivity index (χ1) is 12.0. The Labute approximate surface area is 149 Å². The number of hydrogen-bond donors (Lipinski definition) is 2. The van der Waals surface area contributed by atoms with Crippen molar-refractivity contribution in [1.82, 2.24) is 9.97 Å². The van der Waals surface area contributed by atoms with Gasteiger partial charge in [0, 0.05) is 12.2 Å². The van der Waals surface area contributed by atoms with Crippen LogP contribution in [0.4, 0.5) is 11.6 Å². The van der Waals surface area contributed by atoms with Crippen molar-refractivity contribution in [1.29, 1.82) is 0 Å². The summed E-state index contributed by atoms with van der Waals surface area (Å²) in [5.74, 6) is 1.42. The van der Waals surface area contributed by atoms with Gasteiger partial charge < -0.3 is 15.4 Å². The summed E-state index contributed by atoms with van der Waals surface area (Å²) in [6.07, 6.45) is 1.01. The Morgan fingerprint density at radius 1 is 1.24 bits per heavy atom. The van der Waals surface area contributed by atoms with E-state index in [0.717, 1.165) is 18.7 Å². The number of rotatable bonds is 8. The molecular formula is C19H26N4O2. The highest BCUT2D eigenvalue weighted by atomic mass is 16.5. The van der Waals surface area contributed by atoms with Crippen molar-refractivity contribution in [3.05, 3.63) is 41.7 Å². The third-order valence-corrected chi connectivity index (χ3v) is 3.53. The van der Waals surface area contributed by atoms with Crippen LogP contribution in [0, 0.1) is 12.8 Å². The number of nitrogens with zero attached hydrogens (tertiary/aromatic N) is 2. The lowest BCUT2D eigenvalue weighted by atomic mass is 10.1. The van der Waals surface area contributed by atoms with E-state index in [4.69, 9.17) is 4.74 Å². The Balaban J connectivity index is 2.12. The molecule has 0 atom stereocenters. The van der Waals surface area contributed by atoms with E-state index in [2.05, 4.69) is 34.4 Å². The zero-order valence-corrected chi connectivity index (χ0v) is 15.3. The summed E-state index contributed by atoms with van der Waals surface area (Å²) in [5.41, 5.74) is 1.69. The van der Waals surface area contributed by atoms with E-state index in [9.17, 15) is 4.79 Å². The largest absolute Gasteiger partial charge is 0.492 e. The molecule has 0 saturated carbocycles. The molecule has 0 saturated heterocycles. The van der Waals surface area contributed by atoms with Gasteiger partial charge in [-0.25, -0.2) is 9.97 Å². The number of aryl methyl sites for hydroxylation is 1. The van der Waals surface area contributed by atoms with E-state index in [-0.39, 0.29) is 5.91 Å². The second kappa shape index (κ2) is 9.01. The number of benzene rings is 1. The highest BCUT2D eigenvalue weighted by Crippen LogP contribution is 2.24. The minimum Gasteiger partial charge on any atom is -0.492 e. The Morgan fingerprint density at radius 3 is 2.72 bits per heavy atom. The zero-order chi connectivity index (χ0) is 18.2. The number of hydrogen-bond acceptors (Lipinski definition) is 5. The van der Waals surface area contributed by atoms with Crippen molar-refractivity contribution in [3.8, 4) is 5.75 Å². The number of para-hydroxylation sites is 2. The van der Waals surface area contributed by atoms with Gasteiger partial charge in [0.1, 0.15) is 11.4 Å². The van der Waals surface area contributed by atoms with E-state index in [1.807, 2.05) is 32.0 Å². The van der Waals surface area contributed by atoms with Crippen LogP contribution in [0.5, 0.6) is 5.75 Å². The lowest BCUT2D eigenvalue weighted by Crippen LogP contribution is -2.17. The summed E-state index contributed by atoms with van der Waals surface area (Å²) in [7, 11) is 0. The van der Waals surface area contributed by atoms with Crippen LogP contribution in [0.25, 0.3) is 0 Å². The predicted octanol–water partition coefficient (Wildman–Crippen LogP) is 3.89. The topological polar surface area (TPSA) is 76.1 Å². The van der Waals surface area contributed by atoms with E-state index < -0.39 is 0 Å². The summed E-state index contributed by atoms with van der Waals surface area (Å²) >= 11 is 0. The van der Waals surface area contributed by atoms with E-state index in [1.165, 1.54) is 0 Å². The number of aromatic nitrogens is 2. The first kappa shape index (κ1) is 18.7. The lowest BCUT2D eigenvalue weighted by Gasteiger charge is -2.12. The van der Waals surface area contributed by atoms with E-state index in [0.29, 0.717) is 35.6 Å². The first-order valence-corrected chi connectivity index (χ1v) is 8.62. The van der Waals surface area contributed by atoms with Gasteiger partial charge in [-0.05, 0) is 44.4 Å². The molecule has 1 aromatic heterocycles. The molecule has 0 unspecified atom stereocenters. The number of nitrogens with one attached hydrogen (secondary N) is 2. The summed E-state index contributed by atoms with van der Waals surface area (Å²) in [4.78, 5) is 21.2. The Morgan fingerprint density at radius 2 is 2.00 bits per heavy atom. The van der Waals surface area contributed by atoms with Crippen LogP contribution < -0.4 is 15.4 Å². The summed E-state index contributed by atoms with van der Waals surface area (Å²) in [6.45, 7) is 9.38. The number of carbonyl (C=O) groups excluding carboxylic acids is 1. The molecule has 0 aliphatic carbocycles. The maximum absolute atomic E-state index is 12.6. The minimum atomic E-state index is -0.287. The SMILES string of the molecule is CCOc1ccccc1NC(=O)c1cc(C)nc(NCCC(C)C)n1. The first-order valence-electron chi connectivity index (χ1n) is 8.62. The van der Waals surface area contributed by atoms with Gasteiger partial charge >= 0.3 is 0 Å². The predicted molar refractivity (Wildman–Crippen MR) is 100 cm³/mol. The molecule has 1 heterocycles. The van der Waals surface area contributed by atoms with Gasteiger partial charge in [0.15, 0.2) is 0 Å². The molecule has 1 amide bonds. The van der Waals surface area contributed by atoms with Gasteiger partial charge in [0.2, 0.25) is 5.95 Å². The van der Waals surface area contributed by atoms with Crippen molar-refractivity contribution >= 4 is 17.5 Å². The standard InChI is InChI=1S/C19H26N4O2/c1-5-25-17-9-7-6-8-15(17)22-18(24)16-12-14(4)21-19(23-16)20-11-10-13(2)3/h6-9,12-13H,5,10-11H2,1-4H3,(H,22,24)(H,20,21,23). The number of anilines is 2. The summed E-state index contributed by atoms with van der Waals surface area (Å²) < 4.78 is 5.54. The molecule has 2 rings (SSSR count). The molecule has 0 aliphatic rings. The average molecular weight is 342 g/mol. The second-order valence-electron chi connectivity index (χ2n) is 6.21. The molecule has 0 spiro atoms. The molecule has 134 valence electrons. The van der Waals surface area contributed by atoms with Crippen molar-refractivity contribution in [3.63, 3.8) is 0 Å². The van der Waals surface area contributed by atoms with Gasteiger partial charge in [-0.3, -0.25) is 4.79 Å². The van der Waals surface area contributed by atoms with Crippen molar-refractivity contribution in [2.24, 2.45) is 5.92 Å². The van der Waals surface area contributed by atoms with Gasteiger partial charge in [-0.2, -0.15) is 0 Å². The van der Waals surface area contributed by atoms with Crippen LogP contribution in [0.3, 0.4) is 0 Å². The Hall–Kier alpha value is -2.63. The molecule has 1 aromatic carbocycles. The van der Waals surface area contributed by atoms with Gasteiger partial charge in [0.25, 0.3) is 5.91 Å². The highest BCUT2D eigenvalue weighted by molar-refractivity contribution is 6.03. The van der Waals surface area contributed by atoms with E-state index >= 15 is 0 Å². The molecule has 6 heteroatoms. The van der Waals surface area contributed by atoms with E-state index in [1.54, 1.807) is 12.1 Å². The van der Waals surface area contributed by atoms with Crippen LogP contribution >= 0.6 is 0 Å². The fourth-order valence-electron chi connectivity index (χ4n) is 2.27. The van der Waals surface area contributed by atoms with Crippen molar-refractivity contribution < 1.29 is 9.53 Å². The lowest BCUT2D eigenvalue weighted by molar-refractivity contribution is 0.102. The van der Waals surface area contributed by atoms with Crippen LogP contribution in [-0.4, -0.2) is 29.0 Å². The maximum Gasteiger partial charge on any atom is 0.274 e. The Bertz CT molecular complexity index is 716. The molecule has 25 heavy (non-hydrogen) atoms. The van der Waals surface area contributed by atoms with Crippen LogP contribution in [0.2, 0.25) is 0 Å².